The molecule has 2 heterocycles. The maximum absolute atomic E-state index is 12.9. The van der Waals surface area contributed by atoms with Crippen molar-refractivity contribution < 1.29 is 23.9 Å². The molecule has 0 unspecified atom stereocenters. The van der Waals surface area contributed by atoms with E-state index in [1.54, 1.807) is 36.3 Å². The molecule has 35 heavy (non-hydrogen) atoms. The maximum Gasteiger partial charge on any atom is 0.262 e. The van der Waals surface area contributed by atoms with Crippen molar-refractivity contribution in [1.82, 2.24) is 15.1 Å². The van der Waals surface area contributed by atoms with Gasteiger partial charge >= 0.3 is 0 Å². The normalized spacial score (nSPS) is 20.1. The van der Waals surface area contributed by atoms with Crippen LogP contribution in [-0.2, 0) is 16.0 Å². The van der Waals surface area contributed by atoms with Gasteiger partial charge in [0.15, 0.2) is 0 Å². The number of hydrogen-bond donors (Lipinski definition) is 1. The van der Waals surface area contributed by atoms with E-state index in [1.807, 2.05) is 24.3 Å². The van der Waals surface area contributed by atoms with Crippen molar-refractivity contribution in [3.63, 3.8) is 0 Å². The Bertz CT molecular complexity index is 1150. The maximum atomic E-state index is 12.9. The first-order chi connectivity index (χ1) is 16.9. The lowest BCUT2D eigenvalue weighted by Crippen LogP contribution is -2.46. The van der Waals surface area contributed by atoms with Crippen LogP contribution in [0.25, 0.3) is 0 Å². The van der Waals surface area contributed by atoms with E-state index in [0.29, 0.717) is 30.8 Å². The summed E-state index contributed by atoms with van der Waals surface area (Å²) in [4.78, 5) is 53.4. The SMILES string of the molecule is COc1cccc(CCNC(=O)[C@@H]2CC23CCN(C(=O)CN2C(=O)c4ccccc4C2=O)CC3)c1. The topological polar surface area (TPSA) is 96.0 Å². The Balaban J connectivity index is 1.08. The average Bonchev–Trinajstić information content (AvgIpc) is 3.53. The zero-order chi connectivity index (χ0) is 24.6. The van der Waals surface area contributed by atoms with Gasteiger partial charge in [-0.15, -0.1) is 0 Å². The first-order valence-electron chi connectivity index (χ1n) is 12.1. The fraction of sp³-hybridized carbons (Fsp3) is 0.407. The number of fused-ring (bicyclic) bond motifs is 1. The lowest BCUT2D eigenvalue weighted by atomic mass is 9.90. The Labute approximate surface area is 204 Å². The molecule has 5 rings (SSSR count). The summed E-state index contributed by atoms with van der Waals surface area (Å²) in [5.74, 6) is -0.186. The van der Waals surface area contributed by atoms with Gasteiger partial charge in [0.05, 0.1) is 18.2 Å². The largest absolute Gasteiger partial charge is 0.497 e. The molecule has 1 saturated carbocycles. The quantitative estimate of drug-likeness (QED) is 0.620. The minimum absolute atomic E-state index is 0.0127. The standard InChI is InChI=1S/C27H29N3O5/c1-35-19-6-4-5-18(15-19)9-12-28-24(32)22-16-27(22)10-13-29(14-11-27)23(31)17-30-25(33)20-7-2-3-8-21(20)26(30)34/h2-8,15,22H,9-14,16-17H2,1H3,(H,28,32)/t22-/m0/s1. The molecule has 1 saturated heterocycles. The molecule has 0 bridgehead atoms. The number of methoxy groups -OCH3 is 1. The molecule has 0 radical (unpaired) electrons. The van der Waals surface area contributed by atoms with Crippen LogP contribution in [0.2, 0.25) is 0 Å². The van der Waals surface area contributed by atoms with Gasteiger partial charge in [-0.25, -0.2) is 0 Å². The number of rotatable bonds is 7. The zero-order valence-electron chi connectivity index (χ0n) is 19.8. The minimum Gasteiger partial charge on any atom is -0.497 e. The molecular formula is C27H29N3O5. The lowest BCUT2D eigenvalue weighted by molar-refractivity contribution is -0.133. The number of carbonyl (C=O) groups excluding carboxylic acids is 4. The van der Waals surface area contributed by atoms with E-state index in [-0.39, 0.29) is 29.7 Å². The molecule has 8 heteroatoms. The average molecular weight is 476 g/mol. The van der Waals surface area contributed by atoms with Crippen LogP contribution in [0.1, 0.15) is 45.5 Å². The van der Waals surface area contributed by atoms with Gasteiger partial charge in [-0.1, -0.05) is 24.3 Å². The summed E-state index contributed by atoms with van der Waals surface area (Å²) in [7, 11) is 1.64. The lowest BCUT2D eigenvalue weighted by Gasteiger charge is -2.33. The van der Waals surface area contributed by atoms with Crippen LogP contribution in [-0.4, -0.2) is 66.7 Å². The number of imide groups is 1. The van der Waals surface area contributed by atoms with Gasteiger partial charge in [0.25, 0.3) is 11.8 Å². The predicted molar refractivity (Wildman–Crippen MR) is 128 cm³/mol. The summed E-state index contributed by atoms with van der Waals surface area (Å²) in [6.45, 7) is 1.40. The highest BCUT2D eigenvalue weighted by Crippen LogP contribution is 2.59. The van der Waals surface area contributed by atoms with Gasteiger partial charge < -0.3 is 15.0 Å². The van der Waals surface area contributed by atoms with Crippen molar-refractivity contribution in [1.29, 1.82) is 0 Å². The van der Waals surface area contributed by atoms with Crippen LogP contribution in [0.3, 0.4) is 0 Å². The van der Waals surface area contributed by atoms with Gasteiger partial charge in [0.1, 0.15) is 12.3 Å². The van der Waals surface area contributed by atoms with Crippen LogP contribution in [0.5, 0.6) is 5.75 Å². The number of carbonyl (C=O) groups is 4. The summed E-state index contributed by atoms with van der Waals surface area (Å²) in [5.41, 5.74) is 1.77. The second kappa shape index (κ2) is 9.17. The highest BCUT2D eigenvalue weighted by atomic mass is 16.5. The molecule has 1 aliphatic carbocycles. The number of amides is 4. The predicted octanol–water partition coefficient (Wildman–Crippen LogP) is 2.28. The van der Waals surface area contributed by atoms with E-state index in [9.17, 15) is 19.2 Å². The first-order valence-corrected chi connectivity index (χ1v) is 12.1. The number of likely N-dealkylation sites (tertiary alicyclic amines) is 1. The van der Waals surface area contributed by atoms with Crippen molar-refractivity contribution in [3.05, 3.63) is 65.2 Å². The zero-order valence-corrected chi connectivity index (χ0v) is 19.8. The van der Waals surface area contributed by atoms with E-state index in [0.717, 1.165) is 41.9 Å². The van der Waals surface area contributed by atoms with Crippen LogP contribution in [0.4, 0.5) is 0 Å². The van der Waals surface area contributed by atoms with Crippen molar-refractivity contribution >= 4 is 23.6 Å². The number of piperidine rings is 1. The second-order valence-corrected chi connectivity index (χ2v) is 9.63. The molecule has 3 aliphatic rings. The number of hydrogen-bond acceptors (Lipinski definition) is 5. The van der Waals surface area contributed by atoms with Crippen molar-refractivity contribution in [2.24, 2.45) is 11.3 Å². The second-order valence-electron chi connectivity index (χ2n) is 9.63. The van der Waals surface area contributed by atoms with E-state index in [2.05, 4.69) is 5.32 Å². The third-order valence-electron chi connectivity index (χ3n) is 7.64. The number of nitrogens with one attached hydrogen (secondary N) is 1. The summed E-state index contributed by atoms with van der Waals surface area (Å²) in [5, 5.41) is 3.06. The van der Waals surface area contributed by atoms with Crippen molar-refractivity contribution in [2.75, 3.05) is 33.3 Å². The molecule has 2 fully saturated rings. The Morgan fingerprint density at radius 1 is 1.03 bits per heavy atom. The van der Waals surface area contributed by atoms with E-state index in [1.165, 1.54) is 0 Å². The third-order valence-corrected chi connectivity index (χ3v) is 7.64. The molecule has 1 atom stereocenters. The molecule has 2 aromatic rings. The van der Waals surface area contributed by atoms with Gasteiger partial charge in [0.2, 0.25) is 11.8 Å². The van der Waals surface area contributed by atoms with E-state index >= 15 is 0 Å². The summed E-state index contributed by atoms with van der Waals surface area (Å²) < 4.78 is 5.24. The smallest absolute Gasteiger partial charge is 0.262 e. The van der Waals surface area contributed by atoms with Gasteiger partial charge in [0, 0.05) is 25.6 Å². The van der Waals surface area contributed by atoms with Crippen LogP contribution in [0, 0.1) is 11.3 Å². The van der Waals surface area contributed by atoms with Crippen molar-refractivity contribution in [2.45, 2.75) is 25.7 Å². The molecule has 1 N–H and O–H groups in total. The Morgan fingerprint density at radius 2 is 1.71 bits per heavy atom. The highest BCUT2D eigenvalue weighted by molar-refractivity contribution is 6.22. The van der Waals surface area contributed by atoms with Gasteiger partial charge in [-0.3, -0.25) is 24.1 Å². The van der Waals surface area contributed by atoms with Crippen molar-refractivity contribution in [3.8, 4) is 5.75 Å². The molecule has 0 aromatic heterocycles. The fourth-order valence-corrected chi connectivity index (χ4v) is 5.37. The van der Waals surface area contributed by atoms with E-state index in [4.69, 9.17) is 4.74 Å². The molecule has 1 spiro atoms. The monoisotopic (exact) mass is 475 g/mol. The number of benzene rings is 2. The number of ether oxygens (including phenoxy) is 1. The Hall–Kier alpha value is -3.68. The Kier molecular flexibility index (Phi) is 6.05. The highest BCUT2D eigenvalue weighted by Gasteiger charge is 2.58. The molecule has 2 aliphatic heterocycles. The van der Waals surface area contributed by atoms with E-state index < -0.39 is 11.8 Å². The van der Waals surface area contributed by atoms with Gasteiger partial charge in [-0.2, -0.15) is 0 Å². The fourth-order valence-electron chi connectivity index (χ4n) is 5.37. The summed E-state index contributed by atoms with van der Waals surface area (Å²) >= 11 is 0. The Morgan fingerprint density at radius 3 is 2.37 bits per heavy atom. The first kappa shape index (κ1) is 23.1. The molecular weight excluding hydrogens is 446 g/mol. The molecule has 8 nitrogen and oxygen atoms in total. The van der Waals surface area contributed by atoms with Crippen LogP contribution < -0.4 is 10.1 Å². The summed E-state index contributed by atoms with van der Waals surface area (Å²) in [6.07, 6.45) is 3.10. The number of nitrogens with zero attached hydrogens (tertiary/aromatic N) is 2. The minimum atomic E-state index is -0.416. The van der Waals surface area contributed by atoms with Crippen LogP contribution in [0.15, 0.2) is 48.5 Å². The third kappa shape index (κ3) is 4.40. The van der Waals surface area contributed by atoms with Crippen LogP contribution >= 0.6 is 0 Å². The molecule has 4 amide bonds. The molecule has 182 valence electrons. The summed E-state index contributed by atoms with van der Waals surface area (Å²) in [6, 6.07) is 14.5. The van der Waals surface area contributed by atoms with Gasteiger partial charge in [-0.05, 0) is 60.9 Å². The molecule has 2 aromatic carbocycles.